The van der Waals surface area contributed by atoms with Crippen LogP contribution in [0.5, 0.6) is 5.75 Å². The van der Waals surface area contributed by atoms with Gasteiger partial charge >= 0.3 is 0 Å². The lowest BCUT2D eigenvalue weighted by atomic mass is 10.2. The molecule has 0 aliphatic carbocycles. The van der Waals surface area contributed by atoms with Gasteiger partial charge in [0.15, 0.2) is 5.82 Å². The lowest BCUT2D eigenvalue weighted by Gasteiger charge is -2.11. The molecule has 0 radical (unpaired) electrons. The first kappa shape index (κ1) is 17.0. The van der Waals surface area contributed by atoms with Gasteiger partial charge in [0.2, 0.25) is 5.91 Å². The average Bonchev–Trinajstić information content (AvgIpc) is 3.03. The topological polar surface area (TPSA) is 83.6 Å². The fourth-order valence-electron chi connectivity index (χ4n) is 2.70. The second-order valence-electron chi connectivity index (χ2n) is 6.10. The summed E-state index contributed by atoms with van der Waals surface area (Å²) in [6, 6.07) is 15.5. The number of para-hydroxylation sites is 2. The van der Waals surface area contributed by atoms with E-state index in [2.05, 4.69) is 20.6 Å². The van der Waals surface area contributed by atoms with Crippen LogP contribution in [0.3, 0.4) is 0 Å². The van der Waals surface area contributed by atoms with Crippen molar-refractivity contribution in [3.63, 3.8) is 0 Å². The van der Waals surface area contributed by atoms with Gasteiger partial charge in [-0.15, -0.1) is 0 Å². The minimum atomic E-state index is -0.0124. The van der Waals surface area contributed by atoms with Gasteiger partial charge in [0.05, 0.1) is 30.6 Å². The number of fused-ring (bicyclic) bond motifs is 1. The molecular weight excluding hydrogens is 316 g/mol. The molecule has 0 aliphatic rings. The molecule has 4 N–H and O–H groups in total. The molecule has 0 bridgehead atoms. The SMILES string of the molecule is COc1cccc(NC(=O)C[C@H](C)[NH2+]Cc2nc3ccccc3[nH]2)c1. The summed E-state index contributed by atoms with van der Waals surface area (Å²) < 4.78 is 5.16. The molecule has 0 fully saturated rings. The minimum absolute atomic E-state index is 0.0124. The third-order valence-corrected chi connectivity index (χ3v) is 4.01. The zero-order valence-electron chi connectivity index (χ0n) is 14.5. The smallest absolute Gasteiger partial charge is 0.230 e. The van der Waals surface area contributed by atoms with Gasteiger partial charge in [-0.25, -0.2) is 4.98 Å². The van der Waals surface area contributed by atoms with Crippen LogP contribution in [0.2, 0.25) is 0 Å². The number of methoxy groups -OCH3 is 1. The molecule has 0 saturated carbocycles. The second kappa shape index (κ2) is 7.81. The highest BCUT2D eigenvalue weighted by atomic mass is 16.5. The maximum absolute atomic E-state index is 12.2. The van der Waals surface area contributed by atoms with Crippen molar-refractivity contribution in [3.8, 4) is 5.75 Å². The second-order valence-corrected chi connectivity index (χ2v) is 6.10. The predicted octanol–water partition coefficient (Wildman–Crippen LogP) is 2.05. The summed E-state index contributed by atoms with van der Waals surface area (Å²) in [7, 11) is 1.61. The summed E-state index contributed by atoms with van der Waals surface area (Å²) >= 11 is 0. The van der Waals surface area contributed by atoms with Crippen molar-refractivity contribution < 1.29 is 14.8 Å². The molecule has 1 aromatic heterocycles. The number of aromatic amines is 1. The van der Waals surface area contributed by atoms with Crippen LogP contribution in [0.4, 0.5) is 5.69 Å². The average molecular weight is 339 g/mol. The number of carbonyl (C=O) groups excluding carboxylic acids is 1. The molecule has 1 amide bonds. The first-order valence-corrected chi connectivity index (χ1v) is 8.35. The van der Waals surface area contributed by atoms with E-state index < -0.39 is 0 Å². The highest BCUT2D eigenvalue weighted by Gasteiger charge is 2.13. The maximum Gasteiger partial charge on any atom is 0.230 e. The molecule has 6 heteroatoms. The quantitative estimate of drug-likeness (QED) is 0.616. The molecule has 0 unspecified atom stereocenters. The first-order chi connectivity index (χ1) is 12.1. The molecule has 25 heavy (non-hydrogen) atoms. The lowest BCUT2D eigenvalue weighted by Crippen LogP contribution is -2.88. The van der Waals surface area contributed by atoms with Crippen LogP contribution in [-0.4, -0.2) is 29.0 Å². The Bertz CT molecular complexity index is 826. The minimum Gasteiger partial charge on any atom is -0.497 e. The maximum atomic E-state index is 12.2. The molecule has 6 nitrogen and oxygen atoms in total. The number of amides is 1. The summed E-state index contributed by atoms with van der Waals surface area (Å²) in [6.45, 7) is 2.75. The molecule has 2 aromatic carbocycles. The number of quaternary nitrogens is 1. The third kappa shape index (κ3) is 4.58. The summed E-state index contributed by atoms with van der Waals surface area (Å²) in [4.78, 5) is 20.0. The number of rotatable bonds is 7. The van der Waals surface area contributed by atoms with Gasteiger partial charge in [0.25, 0.3) is 0 Å². The van der Waals surface area contributed by atoms with Gasteiger partial charge in [0, 0.05) is 11.8 Å². The molecule has 0 aliphatic heterocycles. The number of nitrogens with two attached hydrogens (primary N) is 1. The van der Waals surface area contributed by atoms with Crippen LogP contribution in [0, 0.1) is 0 Å². The van der Waals surface area contributed by atoms with E-state index >= 15 is 0 Å². The van der Waals surface area contributed by atoms with Crippen LogP contribution < -0.4 is 15.4 Å². The Balaban J connectivity index is 1.49. The first-order valence-electron chi connectivity index (χ1n) is 8.35. The summed E-state index contributed by atoms with van der Waals surface area (Å²) in [5.74, 6) is 1.63. The molecular formula is C19H23N4O2+. The molecule has 1 heterocycles. The largest absolute Gasteiger partial charge is 0.497 e. The van der Waals surface area contributed by atoms with E-state index in [1.807, 2.05) is 49.4 Å². The Morgan fingerprint density at radius 2 is 2.12 bits per heavy atom. The number of aromatic nitrogens is 2. The molecule has 3 aromatic rings. The van der Waals surface area contributed by atoms with Crippen molar-refractivity contribution in [2.24, 2.45) is 0 Å². The van der Waals surface area contributed by atoms with E-state index in [1.54, 1.807) is 13.2 Å². The zero-order chi connectivity index (χ0) is 17.6. The number of hydrogen-bond acceptors (Lipinski definition) is 3. The van der Waals surface area contributed by atoms with Crippen LogP contribution in [0.1, 0.15) is 19.2 Å². The zero-order valence-corrected chi connectivity index (χ0v) is 14.5. The van der Waals surface area contributed by atoms with Crippen LogP contribution in [-0.2, 0) is 11.3 Å². The summed E-state index contributed by atoms with van der Waals surface area (Å²) in [5.41, 5.74) is 2.75. The van der Waals surface area contributed by atoms with E-state index in [9.17, 15) is 4.79 Å². The van der Waals surface area contributed by atoms with Crippen LogP contribution in [0.25, 0.3) is 11.0 Å². The van der Waals surface area contributed by atoms with E-state index in [0.29, 0.717) is 13.0 Å². The Labute approximate surface area is 146 Å². The molecule has 1 atom stereocenters. The summed E-state index contributed by atoms with van der Waals surface area (Å²) in [6.07, 6.45) is 0.428. The lowest BCUT2D eigenvalue weighted by molar-refractivity contribution is -0.701. The van der Waals surface area contributed by atoms with Crippen LogP contribution in [0.15, 0.2) is 48.5 Å². The van der Waals surface area contributed by atoms with Crippen molar-refractivity contribution in [3.05, 3.63) is 54.4 Å². The number of nitrogens with one attached hydrogen (secondary N) is 2. The van der Waals surface area contributed by atoms with Gasteiger partial charge in [-0.1, -0.05) is 18.2 Å². The Kier molecular flexibility index (Phi) is 5.30. The molecule has 130 valence electrons. The number of nitrogens with zero attached hydrogens (tertiary/aromatic N) is 1. The van der Waals surface area contributed by atoms with Gasteiger partial charge in [-0.05, 0) is 31.2 Å². The highest BCUT2D eigenvalue weighted by Crippen LogP contribution is 2.16. The van der Waals surface area contributed by atoms with Gasteiger partial charge in [-0.3, -0.25) is 4.79 Å². The standard InChI is InChI=1S/C19H22N4O2/c1-13(10-19(24)21-14-6-5-7-15(11-14)25-2)20-12-18-22-16-8-3-4-9-17(16)23-18/h3-9,11,13,20H,10,12H2,1-2H3,(H,21,24)(H,22,23)/p+1/t13-/m0/s1. The number of imidazole rings is 1. The van der Waals surface area contributed by atoms with Gasteiger partial charge in [0.1, 0.15) is 12.3 Å². The van der Waals surface area contributed by atoms with Gasteiger partial charge < -0.3 is 20.4 Å². The van der Waals surface area contributed by atoms with E-state index in [0.717, 1.165) is 28.3 Å². The van der Waals surface area contributed by atoms with E-state index in [1.165, 1.54) is 0 Å². The normalized spacial score (nSPS) is 12.1. The summed E-state index contributed by atoms with van der Waals surface area (Å²) in [5, 5.41) is 5.02. The number of H-pyrrole nitrogens is 1. The Morgan fingerprint density at radius 1 is 1.28 bits per heavy atom. The Morgan fingerprint density at radius 3 is 2.92 bits per heavy atom. The molecule has 3 rings (SSSR count). The number of ether oxygens (including phenoxy) is 1. The van der Waals surface area contributed by atoms with Crippen LogP contribution >= 0.6 is 0 Å². The third-order valence-electron chi connectivity index (χ3n) is 4.01. The number of carbonyl (C=O) groups is 1. The van der Waals surface area contributed by atoms with Crippen molar-refractivity contribution >= 4 is 22.6 Å². The molecule has 0 saturated heterocycles. The number of anilines is 1. The van der Waals surface area contributed by atoms with Gasteiger partial charge in [-0.2, -0.15) is 0 Å². The highest BCUT2D eigenvalue weighted by molar-refractivity contribution is 5.91. The van der Waals surface area contributed by atoms with E-state index in [-0.39, 0.29) is 11.9 Å². The molecule has 0 spiro atoms. The van der Waals surface area contributed by atoms with Crippen molar-refractivity contribution in [1.29, 1.82) is 0 Å². The fraction of sp³-hybridized carbons (Fsp3) is 0.263. The number of hydrogen-bond donors (Lipinski definition) is 3. The monoisotopic (exact) mass is 339 g/mol. The van der Waals surface area contributed by atoms with Crippen molar-refractivity contribution in [2.45, 2.75) is 25.9 Å². The Hall–Kier alpha value is -2.86. The van der Waals surface area contributed by atoms with Crippen molar-refractivity contribution in [1.82, 2.24) is 9.97 Å². The van der Waals surface area contributed by atoms with Crippen molar-refractivity contribution in [2.75, 3.05) is 12.4 Å². The predicted molar refractivity (Wildman–Crippen MR) is 97.4 cm³/mol. The fourth-order valence-corrected chi connectivity index (χ4v) is 2.70. The number of benzene rings is 2. The van der Waals surface area contributed by atoms with E-state index in [4.69, 9.17) is 4.74 Å².